The van der Waals surface area contributed by atoms with Crippen molar-refractivity contribution in [2.24, 2.45) is 16.7 Å². The van der Waals surface area contributed by atoms with Gasteiger partial charge in [-0.05, 0) is 113 Å². The Morgan fingerprint density at radius 1 is 0.615 bits per heavy atom. The first-order valence-electron chi connectivity index (χ1n) is 27.4. The van der Waals surface area contributed by atoms with Gasteiger partial charge in [0.2, 0.25) is 35.4 Å². The smallest absolute Gasteiger partial charge is 0.251 e. The zero-order valence-electron chi connectivity index (χ0n) is 48.3. The van der Waals surface area contributed by atoms with E-state index in [2.05, 4.69) is 26.6 Å². The molecule has 0 saturated carbocycles. The van der Waals surface area contributed by atoms with Gasteiger partial charge >= 0.3 is 0 Å². The van der Waals surface area contributed by atoms with E-state index in [1.165, 1.54) is 26.0 Å². The molecule has 3 aromatic rings. The van der Waals surface area contributed by atoms with Crippen molar-refractivity contribution in [1.29, 1.82) is 0 Å². The van der Waals surface area contributed by atoms with Crippen molar-refractivity contribution in [1.82, 2.24) is 46.2 Å². The molecule has 2 saturated heterocycles. The molecule has 2 aliphatic rings. The lowest BCUT2D eigenvalue weighted by Gasteiger charge is -2.37. The Labute approximate surface area is 461 Å². The summed E-state index contributed by atoms with van der Waals surface area (Å²) in [6, 6.07) is 16.2. The topological polar surface area (TPSA) is 210 Å². The summed E-state index contributed by atoms with van der Waals surface area (Å²) in [7, 11) is 3.33. The molecule has 5 rings (SSSR count). The predicted molar refractivity (Wildman–Crippen MR) is 300 cm³/mol. The molecule has 0 bridgehead atoms. The molecule has 78 heavy (non-hydrogen) atoms. The first-order chi connectivity index (χ1) is 36.6. The molecule has 17 nitrogen and oxygen atoms in total. The molecule has 426 valence electrons. The van der Waals surface area contributed by atoms with Crippen LogP contribution in [-0.2, 0) is 41.6 Å². The van der Waals surface area contributed by atoms with Crippen LogP contribution in [-0.4, -0.2) is 162 Å². The van der Waals surface area contributed by atoms with Crippen molar-refractivity contribution in [3.05, 3.63) is 106 Å². The maximum absolute atomic E-state index is 14.7. The van der Waals surface area contributed by atoms with Crippen LogP contribution in [0.15, 0.2) is 72.8 Å². The number of benzene rings is 3. The van der Waals surface area contributed by atoms with Crippen molar-refractivity contribution < 1.29 is 42.7 Å². The zero-order valence-corrected chi connectivity index (χ0v) is 48.3. The average Bonchev–Trinajstić information content (AvgIpc) is 4.05. The average molecular weight is 1080 g/mol. The highest BCUT2D eigenvalue weighted by Crippen LogP contribution is 2.32. The third kappa shape index (κ3) is 17.2. The van der Waals surface area contributed by atoms with Crippen LogP contribution in [0.5, 0.6) is 0 Å². The Morgan fingerprint density at radius 2 is 1.04 bits per heavy atom. The lowest BCUT2D eigenvalue weighted by Crippen LogP contribution is -2.59. The maximum Gasteiger partial charge on any atom is 0.251 e. The van der Waals surface area contributed by atoms with Gasteiger partial charge < -0.3 is 46.2 Å². The van der Waals surface area contributed by atoms with Crippen molar-refractivity contribution in [3.8, 4) is 0 Å². The maximum atomic E-state index is 14.7. The Kier molecular flexibility index (Phi) is 21.9. The number of nitrogens with zero attached hydrogens (tertiary/aromatic N) is 4. The van der Waals surface area contributed by atoms with E-state index in [9.17, 15) is 42.7 Å². The number of likely N-dealkylation sites (tertiary alicyclic amines) is 2. The van der Waals surface area contributed by atoms with Gasteiger partial charge in [0.25, 0.3) is 5.91 Å². The largest absolute Gasteiger partial charge is 0.347 e. The van der Waals surface area contributed by atoms with Crippen molar-refractivity contribution in [2.75, 3.05) is 53.4 Å². The van der Waals surface area contributed by atoms with Crippen molar-refractivity contribution in [2.45, 2.75) is 151 Å². The van der Waals surface area contributed by atoms with E-state index in [0.29, 0.717) is 49.9 Å². The second-order valence-electron chi connectivity index (χ2n) is 23.7. The fourth-order valence-corrected chi connectivity index (χ4v) is 10.1. The van der Waals surface area contributed by atoms with E-state index >= 15 is 0 Å². The minimum Gasteiger partial charge on any atom is -0.347 e. The highest BCUT2D eigenvalue weighted by molar-refractivity contribution is 5.99. The van der Waals surface area contributed by atoms with Gasteiger partial charge in [0.05, 0.1) is 18.1 Å². The quantitative estimate of drug-likeness (QED) is 0.0796. The molecule has 3 aromatic carbocycles. The molecule has 0 spiro atoms. The Morgan fingerprint density at radius 3 is 1.47 bits per heavy atom. The van der Waals surface area contributed by atoms with Crippen LogP contribution in [0.1, 0.15) is 126 Å². The van der Waals surface area contributed by atoms with E-state index in [0.717, 1.165) is 16.7 Å². The van der Waals surface area contributed by atoms with E-state index in [1.807, 2.05) is 72.7 Å². The van der Waals surface area contributed by atoms with Gasteiger partial charge in [-0.3, -0.25) is 38.4 Å². The molecule has 8 atom stereocenters. The summed E-state index contributed by atoms with van der Waals surface area (Å²) >= 11 is 0. The number of hydrogen-bond acceptors (Lipinski definition) is 10. The molecular weight excluding hydrogens is 994 g/mol. The lowest BCUT2D eigenvalue weighted by molar-refractivity contribution is -0.142. The minimum absolute atomic E-state index is 0.0737. The third-order valence-electron chi connectivity index (χ3n) is 15.3. The van der Waals surface area contributed by atoms with Gasteiger partial charge in [-0.1, -0.05) is 95.6 Å². The molecule has 5 N–H and O–H groups in total. The molecular formula is C60H86FN9O8. The lowest BCUT2D eigenvalue weighted by atomic mass is 9.85. The van der Waals surface area contributed by atoms with Gasteiger partial charge in [-0.25, -0.2) is 4.39 Å². The van der Waals surface area contributed by atoms with Crippen LogP contribution in [0.25, 0.3) is 0 Å². The summed E-state index contributed by atoms with van der Waals surface area (Å²) < 4.78 is 13.7. The van der Waals surface area contributed by atoms with Crippen LogP contribution in [0.3, 0.4) is 0 Å². The van der Waals surface area contributed by atoms with E-state index < -0.39 is 59.0 Å². The highest BCUT2D eigenvalue weighted by atomic mass is 19.1. The van der Waals surface area contributed by atoms with Crippen LogP contribution in [0, 0.1) is 29.5 Å². The molecule has 2 fully saturated rings. The summed E-state index contributed by atoms with van der Waals surface area (Å²) in [5, 5.41) is 14.9. The molecule has 0 radical (unpaired) electrons. The number of ketones is 1. The minimum atomic E-state index is -0.912. The van der Waals surface area contributed by atoms with E-state index in [4.69, 9.17) is 0 Å². The molecule has 0 aromatic heterocycles. The fourth-order valence-electron chi connectivity index (χ4n) is 10.1. The zero-order chi connectivity index (χ0) is 57.8. The van der Waals surface area contributed by atoms with Gasteiger partial charge in [-0.15, -0.1) is 0 Å². The normalized spacial score (nSPS) is 19.1. The molecule has 0 aliphatic carbocycles. The summed E-state index contributed by atoms with van der Waals surface area (Å²) in [5.74, 6) is -2.92. The van der Waals surface area contributed by atoms with Gasteiger partial charge in [0, 0.05) is 82.7 Å². The number of aryl methyl sites for hydroxylation is 1. The molecule has 2 heterocycles. The van der Waals surface area contributed by atoms with Crippen LogP contribution in [0.2, 0.25) is 0 Å². The number of halogens is 1. The third-order valence-corrected chi connectivity index (χ3v) is 15.3. The van der Waals surface area contributed by atoms with Crippen molar-refractivity contribution >= 4 is 47.1 Å². The van der Waals surface area contributed by atoms with Gasteiger partial charge in [0.1, 0.15) is 17.9 Å². The number of hydrogen-bond donors (Lipinski definition) is 5. The second kappa shape index (κ2) is 27.4. The van der Waals surface area contributed by atoms with Crippen LogP contribution < -0.4 is 26.6 Å². The highest BCUT2D eigenvalue weighted by Gasteiger charge is 2.45. The number of rotatable bonds is 23. The molecule has 18 heteroatoms. The summed E-state index contributed by atoms with van der Waals surface area (Å²) in [6.45, 7) is 21.2. The molecule has 2 aliphatic heterocycles. The standard InChI is InChI=1S/C60H86FN9O8/c1-37-14-16-42(17-15-37)26-28-68(41(5)72)36-50-32-48(34-70(50)58(78)53(60(9,10)11)66-55(75)39(3)63-13)64-56(76)46-22-20-45(21-23-46)51(73)31-44-30-49(35-67(40(4)71)29-27-43-18-24-47(61)25-19-43)69(33-44)57(77)52(59(6,7)8)65-54(74)38(2)62-12/h14-25,38-39,44,48-50,52-53,62-63H,26-36H2,1-13H3,(H,64,76)(H,65,74)(H,66,75)/t38-,39-,44+,48-,49-,50-,52+,53+/m0/s1. The van der Waals surface area contributed by atoms with E-state index in [1.54, 1.807) is 83.9 Å². The second-order valence-corrected chi connectivity index (χ2v) is 23.7. The number of likely N-dealkylation sites (N-methyl/N-ethyl adjacent to an activating group) is 2. The van der Waals surface area contributed by atoms with E-state index in [-0.39, 0.29) is 85.6 Å². The number of carbonyl (C=O) groups is 8. The number of carbonyl (C=O) groups excluding carboxylic acids is 8. The Hall–Kier alpha value is -6.53. The molecule has 7 amide bonds. The SMILES string of the molecule is CN[C@@H](C)C(=O)N[C@H](C(=O)N1C[C@@H](CC(=O)c2ccc(C(=O)N[C@H]3C[C@@H](CN(CCc4ccc(C)cc4)C(C)=O)N(C(=O)[C@@H](NC(=O)[C@H](C)NC)C(C)(C)C)C3)cc2)C[C@H]1CN(CCc1ccc(F)cc1)C(C)=O)C(C)(C)C. The summed E-state index contributed by atoms with van der Waals surface area (Å²) in [4.78, 5) is 117. The monoisotopic (exact) mass is 1080 g/mol. The predicted octanol–water partition coefficient (Wildman–Crippen LogP) is 5.08. The first kappa shape index (κ1) is 62.3. The number of amides is 7. The van der Waals surface area contributed by atoms with Crippen molar-refractivity contribution in [3.63, 3.8) is 0 Å². The van der Waals surface area contributed by atoms with Gasteiger partial charge in [-0.2, -0.15) is 0 Å². The summed E-state index contributed by atoms with van der Waals surface area (Å²) in [6.07, 6.45) is 1.90. The Bertz CT molecular complexity index is 2400. The fraction of sp³-hybridized carbons (Fsp3) is 0.567. The van der Waals surface area contributed by atoms with Gasteiger partial charge in [0.15, 0.2) is 5.78 Å². The molecule has 0 unspecified atom stereocenters. The number of Topliss-reactive ketones (excluding diaryl/α,β-unsaturated/α-hetero) is 1. The Balaban J connectivity index is 1.33. The van der Waals surface area contributed by atoms with Crippen LogP contribution >= 0.6 is 0 Å². The first-order valence-corrected chi connectivity index (χ1v) is 27.4. The van der Waals surface area contributed by atoms with Crippen LogP contribution in [0.4, 0.5) is 4.39 Å². The summed E-state index contributed by atoms with van der Waals surface area (Å²) in [5.41, 5.74) is 2.34. The number of nitrogens with one attached hydrogen (secondary N) is 5.